The first-order chi connectivity index (χ1) is 7.58. The third-order valence-electron chi connectivity index (χ3n) is 1.79. The molecule has 1 rings (SSSR count). The van der Waals surface area contributed by atoms with Crippen molar-refractivity contribution in [1.29, 1.82) is 0 Å². The predicted octanol–water partition coefficient (Wildman–Crippen LogP) is 0.624. The van der Waals surface area contributed by atoms with Crippen molar-refractivity contribution < 1.29 is 9.59 Å². The second-order valence-corrected chi connectivity index (χ2v) is 3.57. The monoisotopic (exact) mass is 241 g/mol. The Bertz CT molecular complexity index is 378. The van der Waals surface area contributed by atoms with E-state index in [0.717, 1.165) is 5.56 Å². The van der Waals surface area contributed by atoms with Crippen LogP contribution in [0.25, 0.3) is 0 Å². The second-order valence-electron chi connectivity index (χ2n) is 3.13. The number of benzene rings is 1. The molecule has 1 aromatic carbocycles. The Balaban J connectivity index is 2.31. The maximum absolute atomic E-state index is 11.1. The van der Waals surface area contributed by atoms with Crippen molar-refractivity contribution >= 4 is 23.5 Å². The first-order valence-electron chi connectivity index (χ1n) is 4.62. The fourth-order valence-corrected chi connectivity index (χ4v) is 1.14. The van der Waals surface area contributed by atoms with Gasteiger partial charge in [0, 0.05) is 11.6 Å². The first kappa shape index (κ1) is 12.3. The number of rotatable bonds is 4. The van der Waals surface area contributed by atoms with Gasteiger partial charge in [0.1, 0.15) is 0 Å². The number of nitrogens with two attached hydrogens (primary N) is 1. The molecule has 0 bridgehead atoms. The average Bonchev–Trinajstić information content (AvgIpc) is 2.25. The Morgan fingerprint density at radius 2 is 1.81 bits per heavy atom. The summed E-state index contributed by atoms with van der Waals surface area (Å²) in [5.74, 6) is -0.582. The van der Waals surface area contributed by atoms with Crippen LogP contribution in [0.5, 0.6) is 0 Å². The Hall–Kier alpha value is -1.75. The van der Waals surface area contributed by atoms with E-state index in [9.17, 15) is 9.59 Å². The number of carbonyl (C=O) groups excluding carboxylic acids is 2. The molecule has 0 aliphatic carbocycles. The number of amides is 3. The van der Waals surface area contributed by atoms with Crippen LogP contribution in [0.1, 0.15) is 5.56 Å². The summed E-state index contributed by atoms with van der Waals surface area (Å²) in [5.41, 5.74) is 5.78. The summed E-state index contributed by atoms with van der Waals surface area (Å²) in [5, 5.41) is 5.53. The molecule has 6 heteroatoms. The van der Waals surface area contributed by atoms with Crippen LogP contribution in [0.4, 0.5) is 4.79 Å². The molecule has 86 valence electrons. The molecule has 0 aromatic heterocycles. The summed E-state index contributed by atoms with van der Waals surface area (Å²) in [4.78, 5) is 21.5. The van der Waals surface area contributed by atoms with Gasteiger partial charge in [-0.1, -0.05) is 23.7 Å². The maximum atomic E-state index is 11.1. The molecule has 0 spiro atoms. The third-order valence-corrected chi connectivity index (χ3v) is 2.04. The molecule has 16 heavy (non-hydrogen) atoms. The van der Waals surface area contributed by atoms with Crippen LogP contribution in [-0.2, 0) is 11.3 Å². The molecule has 0 atom stereocenters. The van der Waals surface area contributed by atoms with Gasteiger partial charge in [0.2, 0.25) is 5.91 Å². The van der Waals surface area contributed by atoms with Gasteiger partial charge in [-0.3, -0.25) is 4.79 Å². The highest BCUT2D eigenvalue weighted by atomic mass is 35.5. The topological polar surface area (TPSA) is 84.2 Å². The highest BCUT2D eigenvalue weighted by Gasteiger charge is 2.01. The van der Waals surface area contributed by atoms with E-state index in [1.54, 1.807) is 24.3 Å². The van der Waals surface area contributed by atoms with E-state index < -0.39 is 11.9 Å². The molecular formula is C10H12ClN3O2. The summed E-state index contributed by atoms with van der Waals surface area (Å²) < 4.78 is 0. The van der Waals surface area contributed by atoms with Crippen LogP contribution in [-0.4, -0.2) is 18.5 Å². The van der Waals surface area contributed by atoms with Crippen molar-refractivity contribution in [2.45, 2.75) is 6.54 Å². The van der Waals surface area contributed by atoms with Crippen LogP contribution in [0, 0.1) is 0 Å². The summed E-state index contributed by atoms with van der Waals surface area (Å²) in [6.07, 6.45) is 0. The molecule has 0 aliphatic rings. The van der Waals surface area contributed by atoms with Crippen molar-refractivity contribution in [2.24, 2.45) is 5.73 Å². The largest absolute Gasteiger partial charge is 0.368 e. The van der Waals surface area contributed by atoms with Crippen molar-refractivity contribution in [1.82, 2.24) is 10.6 Å². The van der Waals surface area contributed by atoms with Crippen LogP contribution >= 0.6 is 11.6 Å². The van der Waals surface area contributed by atoms with Gasteiger partial charge in [-0.15, -0.1) is 0 Å². The number of hydrogen-bond acceptors (Lipinski definition) is 2. The Morgan fingerprint density at radius 3 is 2.38 bits per heavy atom. The fraction of sp³-hybridized carbons (Fsp3) is 0.200. The molecule has 0 aliphatic heterocycles. The second kappa shape index (κ2) is 5.97. The van der Waals surface area contributed by atoms with Gasteiger partial charge >= 0.3 is 6.03 Å². The lowest BCUT2D eigenvalue weighted by Gasteiger charge is -2.06. The SMILES string of the molecule is NC(=O)CNC(=O)NCc1ccc(Cl)cc1. The van der Waals surface area contributed by atoms with E-state index in [-0.39, 0.29) is 6.54 Å². The molecule has 0 saturated carbocycles. The van der Waals surface area contributed by atoms with Gasteiger partial charge in [-0.05, 0) is 17.7 Å². The van der Waals surface area contributed by atoms with Crippen molar-refractivity contribution in [3.05, 3.63) is 34.9 Å². The fourth-order valence-electron chi connectivity index (χ4n) is 1.01. The molecule has 5 nitrogen and oxygen atoms in total. The Morgan fingerprint density at radius 1 is 1.19 bits per heavy atom. The molecule has 0 fully saturated rings. The molecule has 0 radical (unpaired) electrons. The number of primary amides is 1. The zero-order valence-electron chi connectivity index (χ0n) is 8.50. The van der Waals surface area contributed by atoms with Gasteiger partial charge in [-0.25, -0.2) is 4.79 Å². The highest BCUT2D eigenvalue weighted by Crippen LogP contribution is 2.08. The molecular weight excluding hydrogens is 230 g/mol. The number of halogens is 1. The Kier molecular flexibility index (Phi) is 4.60. The van der Waals surface area contributed by atoms with Crippen molar-refractivity contribution in [3.63, 3.8) is 0 Å². The lowest BCUT2D eigenvalue weighted by Crippen LogP contribution is -2.39. The molecule has 0 saturated heterocycles. The zero-order valence-corrected chi connectivity index (χ0v) is 9.25. The van der Waals surface area contributed by atoms with E-state index in [1.807, 2.05) is 0 Å². The quantitative estimate of drug-likeness (QED) is 0.722. The summed E-state index contributed by atoms with van der Waals surface area (Å²) in [7, 11) is 0. The van der Waals surface area contributed by atoms with Crippen LogP contribution < -0.4 is 16.4 Å². The van der Waals surface area contributed by atoms with Crippen molar-refractivity contribution in [2.75, 3.05) is 6.54 Å². The van der Waals surface area contributed by atoms with E-state index in [1.165, 1.54) is 0 Å². The van der Waals surface area contributed by atoms with E-state index in [0.29, 0.717) is 11.6 Å². The average molecular weight is 242 g/mol. The predicted molar refractivity (Wildman–Crippen MR) is 60.9 cm³/mol. The van der Waals surface area contributed by atoms with Gasteiger partial charge < -0.3 is 16.4 Å². The third kappa shape index (κ3) is 4.65. The minimum atomic E-state index is -0.582. The Labute approximate surface area is 98.0 Å². The number of urea groups is 1. The van der Waals surface area contributed by atoms with Gasteiger partial charge in [0.05, 0.1) is 6.54 Å². The summed E-state index contributed by atoms with van der Waals surface area (Å²) in [6.45, 7) is 0.189. The smallest absolute Gasteiger partial charge is 0.315 e. The standard InChI is InChI=1S/C10H12ClN3O2/c11-8-3-1-7(2-4-8)5-13-10(16)14-6-9(12)15/h1-4H,5-6H2,(H2,12,15)(H2,13,14,16). The van der Waals surface area contributed by atoms with E-state index in [4.69, 9.17) is 17.3 Å². The molecule has 0 unspecified atom stereocenters. The lowest BCUT2D eigenvalue weighted by molar-refractivity contribution is -0.117. The first-order valence-corrected chi connectivity index (χ1v) is 5.00. The lowest BCUT2D eigenvalue weighted by atomic mass is 10.2. The van der Waals surface area contributed by atoms with E-state index in [2.05, 4.69) is 10.6 Å². The number of nitrogens with one attached hydrogen (secondary N) is 2. The number of carbonyl (C=O) groups is 2. The van der Waals surface area contributed by atoms with Gasteiger partial charge in [0.25, 0.3) is 0 Å². The van der Waals surface area contributed by atoms with Crippen LogP contribution in [0.2, 0.25) is 5.02 Å². The summed E-state index contributed by atoms with van der Waals surface area (Å²) in [6, 6.07) is 6.64. The van der Waals surface area contributed by atoms with Gasteiger partial charge in [-0.2, -0.15) is 0 Å². The van der Waals surface area contributed by atoms with Crippen LogP contribution in [0.3, 0.4) is 0 Å². The van der Waals surface area contributed by atoms with Crippen molar-refractivity contribution in [3.8, 4) is 0 Å². The summed E-state index contributed by atoms with van der Waals surface area (Å²) >= 11 is 5.71. The molecule has 3 amide bonds. The normalized spacial score (nSPS) is 9.56. The highest BCUT2D eigenvalue weighted by molar-refractivity contribution is 6.30. The zero-order chi connectivity index (χ0) is 12.0. The minimum absolute atomic E-state index is 0.174. The maximum Gasteiger partial charge on any atom is 0.315 e. The van der Waals surface area contributed by atoms with E-state index >= 15 is 0 Å². The number of hydrogen-bond donors (Lipinski definition) is 3. The van der Waals surface area contributed by atoms with Crippen LogP contribution in [0.15, 0.2) is 24.3 Å². The minimum Gasteiger partial charge on any atom is -0.368 e. The molecule has 4 N–H and O–H groups in total. The van der Waals surface area contributed by atoms with Gasteiger partial charge in [0.15, 0.2) is 0 Å². The molecule has 0 heterocycles. The molecule has 1 aromatic rings.